The predicted molar refractivity (Wildman–Crippen MR) is 112 cm³/mol. The molecule has 0 atom stereocenters. The molecule has 1 heterocycles. The molecule has 0 aliphatic carbocycles. The Bertz CT molecular complexity index is 897. The van der Waals surface area contributed by atoms with Crippen molar-refractivity contribution < 1.29 is 9.18 Å². The summed E-state index contributed by atoms with van der Waals surface area (Å²) in [6.07, 6.45) is 3.40. The highest BCUT2D eigenvalue weighted by molar-refractivity contribution is 7.99. The number of benzene rings is 2. The Morgan fingerprint density at radius 3 is 2.39 bits per heavy atom. The Balaban J connectivity index is 1.49. The maximum Gasteiger partial charge on any atom is 0.234 e. The van der Waals surface area contributed by atoms with Crippen molar-refractivity contribution in [2.24, 2.45) is 0 Å². The standard InChI is InChI=1S/C22H22FN3OS/c1-2-3-4-16-5-11-19(12-6-16)24-21(27)15-28-22-14-13-20(25-26-22)17-7-9-18(23)10-8-17/h5-14H,2-4,15H2,1H3,(H,24,27). The third-order valence-corrected chi connectivity index (χ3v) is 5.11. The van der Waals surface area contributed by atoms with Crippen LogP contribution in [0.1, 0.15) is 25.3 Å². The van der Waals surface area contributed by atoms with Crippen LogP contribution in [0, 0.1) is 5.82 Å². The second kappa shape index (κ2) is 9.99. The zero-order chi connectivity index (χ0) is 19.8. The molecule has 3 aromatic rings. The van der Waals surface area contributed by atoms with E-state index >= 15 is 0 Å². The van der Waals surface area contributed by atoms with Gasteiger partial charge in [-0.1, -0.05) is 37.2 Å². The van der Waals surface area contributed by atoms with Gasteiger partial charge in [-0.05, 0) is 66.9 Å². The van der Waals surface area contributed by atoms with Gasteiger partial charge >= 0.3 is 0 Å². The number of aryl methyl sites for hydroxylation is 1. The number of thioether (sulfide) groups is 1. The maximum atomic E-state index is 13.0. The van der Waals surface area contributed by atoms with E-state index in [9.17, 15) is 9.18 Å². The van der Waals surface area contributed by atoms with E-state index in [1.54, 1.807) is 12.1 Å². The van der Waals surface area contributed by atoms with Crippen LogP contribution >= 0.6 is 11.8 Å². The molecule has 0 aliphatic rings. The number of halogens is 1. The summed E-state index contributed by atoms with van der Waals surface area (Å²) in [5, 5.41) is 11.8. The molecule has 144 valence electrons. The number of aromatic nitrogens is 2. The van der Waals surface area contributed by atoms with Gasteiger partial charge in [0.05, 0.1) is 11.4 Å². The average molecular weight is 396 g/mol. The SMILES string of the molecule is CCCCc1ccc(NC(=O)CSc2ccc(-c3ccc(F)cc3)nn2)cc1. The molecule has 0 saturated heterocycles. The number of rotatable bonds is 8. The van der Waals surface area contributed by atoms with E-state index in [1.165, 1.54) is 42.3 Å². The summed E-state index contributed by atoms with van der Waals surface area (Å²) in [4.78, 5) is 12.1. The molecule has 1 N–H and O–H groups in total. The lowest BCUT2D eigenvalue weighted by molar-refractivity contribution is -0.113. The number of hydrogen-bond donors (Lipinski definition) is 1. The van der Waals surface area contributed by atoms with Crippen molar-refractivity contribution in [3.63, 3.8) is 0 Å². The Hall–Kier alpha value is -2.73. The van der Waals surface area contributed by atoms with Crippen molar-refractivity contribution in [3.05, 3.63) is 72.0 Å². The number of carbonyl (C=O) groups is 1. The lowest BCUT2D eigenvalue weighted by Crippen LogP contribution is -2.14. The van der Waals surface area contributed by atoms with Crippen molar-refractivity contribution >= 4 is 23.4 Å². The van der Waals surface area contributed by atoms with Crippen LogP contribution < -0.4 is 5.32 Å². The zero-order valence-corrected chi connectivity index (χ0v) is 16.5. The number of amides is 1. The summed E-state index contributed by atoms with van der Waals surface area (Å²) in [6, 6.07) is 17.7. The van der Waals surface area contributed by atoms with Gasteiger partial charge in [0, 0.05) is 11.3 Å². The zero-order valence-electron chi connectivity index (χ0n) is 15.7. The summed E-state index contributed by atoms with van der Waals surface area (Å²) < 4.78 is 13.0. The first-order chi connectivity index (χ1) is 13.6. The van der Waals surface area contributed by atoms with Gasteiger partial charge in [0.15, 0.2) is 0 Å². The third kappa shape index (κ3) is 5.89. The molecule has 1 aromatic heterocycles. The topological polar surface area (TPSA) is 54.9 Å². The summed E-state index contributed by atoms with van der Waals surface area (Å²) in [6.45, 7) is 2.17. The molecule has 0 fully saturated rings. The Labute approximate surface area is 168 Å². The van der Waals surface area contributed by atoms with Gasteiger partial charge in [-0.25, -0.2) is 4.39 Å². The molecule has 0 spiro atoms. The highest BCUT2D eigenvalue weighted by atomic mass is 32.2. The molecule has 0 saturated carbocycles. The van der Waals surface area contributed by atoms with Crippen LogP contribution in [0.3, 0.4) is 0 Å². The van der Waals surface area contributed by atoms with Gasteiger partial charge in [0.1, 0.15) is 10.8 Å². The van der Waals surface area contributed by atoms with Gasteiger partial charge < -0.3 is 5.32 Å². The van der Waals surface area contributed by atoms with E-state index < -0.39 is 0 Å². The van der Waals surface area contributed by atoms with Crippen LogP contribution in [-0.4, -0.2) is 21.9 Å². The van der Waals surface area contributed by atoms with Crippen LogP contribution in [0.25, 0.3) is 11.3 Å². The van der Waals surface area contributed by atoms with Gasteiger partial charge in [-0.2, -0.15) is 0 Å². The summed E-state index contributed by atoms with van der Waals surface area (Å²) in [7, 11) is 0. The molecule has 2 aromatic carbocycles. The molecule has 0 radical (unpaired) electrons. The van der Waals surface area contributed by atoms with Gasteiger partial charge in [-0.3, -0.25) is 4.79 Å². The number of unbranched alkanes of at least 4 members (excludes halogenated alkanes) is 1. The first-order valence-electron chi connectivity index (χ1n) is 9.25. The largest absolute Gasteiger partial charge is 0.325 e. The molecular formula is C22H22FN3OS. The van der Waals surface area contributed by atoms with Gasteiger partial charge in [0.25, 0.3) is 0 Å². The summed E-state index contributed by atoms with van der Waals surface area (Å²) >= 11 is 1.32. The molecule has 6 heteroatoms. The molecule has 0 aliphatic heterocycles. The molecule has 4 nitrogen and oxygen atoms in total. The van der Waals surface area contributed by atoms with Crippen LogP contribution in [0.4, 0.5) is 10.1 Å². The fourth-order valence-electron chi connectivity index (χ4n) is 2.64. The van der Waals surface area contributed by atoms with Gasteiger partial charge in [-0.15, -0.1) is 10.2 Å². The van der Waals surface area contributed by atoms with E-state index in [2.05, 4.69) is 34.6 Å². The van der Waals surface area contributed by atoms with Crippen molar-refractivity contribution in [3.8, 4) is 11.3 Å². The lowest BCUT2D eigenvalue weighted by atomic mass is 10.1. The molecule has 28 heavy (non-hydrogen) atoms. The smallest absolute Gasteiger partial charge is 0.234 e. The molecule has 1 amide bonds. The first kappa shape index (κ1) is 20.0. The highest BCUT2D eigenvalue weighted by Gasteiger charge is 2.07. The summed E-state index contributed by atoms with van der Waals surface area (Å²) in [5.74, 6) is -0.122. The van der Waals surface area contributed by atoms with Crippen LogP contribution in [0.2, 0.25) is 0 Å². The highest BCUT2D eigenvalue weighted by Crippen LogP contribution is 2.20. The van der Waals surface area contributed by atoms with Crippen LogP contribution in [0.5, 0.6) is 0 Å². The molecule has 0 bridgehead atoms. The Morgan fingerprint density at radius 1 is 1.00 bits per heavy atom. The number of carbonyl (C=O) groups excluding carboxylic acids is 1. The quantitative estimate of drug-likeness (QED) is 0.522. The van der Waals surface area contributed by atoms with E-state index in [4.69, 9.17) is 0 Å². The van der Waals surface area contributed by atoms with Crippen LogP contribution in [0.15, 0.2) is 65.7 Å². The van der Waals surface area contributed by atoms with Crippen LogP contribution in [-0.2, 0) is 11.2 Å². The molecule has 0 unspecified atom stereocenters. The van der Waals surface area contributed by atoms with E-state index in [1.807, 2.05) is 24.3 Å². The number of nitrogens with zero attached hydrogens (tertiary/aromatic N) is 2. The maximum absolute atomic E-state index is 13.0. The predicted octanol–water partition coefficient (Wildman–Crippen LogP) is 5.36. The lowest BCUT2D eigenvalue weighted by Gasteiger charge is -2.06. The van der Waals surface area contributed by atoms with E-state index in [0.717, 1.165) is 17.7 Å². The first-order valence-corrected chi connectivity index (χ1v) is 10.2. The summed E-state index contributed by atoms with van der Waals surface area (Å²) in [5.41, 5.74) is 3.54. The van der Waals surface area contributed by atoms with Gasteiger partial charge in [0.2, 0.25) is 5.91 Å². The second-order valence-electron chi connectivity index (χ2n) is 6.40. The number of anilines is 1. The Kier molecular flexibility index (Phi) is 7.14. The van der Waals surface area contributed by atoms with E-state index in [-0.39, 0.29) is 17.5 Å². The van der Waals surface area contributed by atoms with Crippen molar-refractivity contribution in [1.29, 1.82) is 0 Å². The minimum absolute atomic E-state index is 0.0873. The average Bonchev–Trinajstić information content (AvgIpc) is 2.73. The van der Waals surface area contributed by atoms with Crippen molar-refractivity contribution in [2.45, 2.75) is 31.2 Å². The Morgan fingerprint density at radius 2 is 1.75 bits per heavy atom. The fourth-order valence-corrected chi connectivity index (χ4v) is 3.26. The number of hydrogen-bond acceptors (Lipinski definition) is 4. The normalized spacial score (nSPS) is 10.6. The minimum atomic E-state index is -0.287. The molecule has 3 rings (SSSR count). The van der Waals surface area contributed by atoms with Crippen molar-refractivity contribution in [1.82, 2.24) is 10.2 Å². The third-order valence-electron chi connectivity index (χ3n) is 4.19. The molecular weight excluding hydrogens is 373 g/mol. The second-order valence-corrected chi connectivity index (χ2v) is 7.40. The minimum Gasteiger partial charge on any atom is -0.325 e. The monoisotopic (exact) mass is 395 g/mol. The number of nitrogens with one attached hydrogen (secondary N) is 1. The fraction of sp³-hybridized carbons (Fsp3) is 0.227. The van der Waals surface area contributed by atoms with Crippen molar-refractivity contribution in [2.75, 3.05) is 11.1 Å². The van der Waals surface area contributed by atoms with E-state index in [0.29, 0.717) is 10.7 Å².